The SMILES string of the molecule is CCC1(C)CCCP(CN)C1. The molecule has 0 saturated carbocycles. The summed E-state index contributed by atoms with van der Waals surface area (Å²) in [5.41, 5.74) is 6.35. The number of hydrogen-bond acceptors (Lipinski definition) is 1. The van der Waals surface area contributed by atoms with Crippen molar-refractivity contribution in [3.63, 3.8) is 0 Å². The van der Waals surface area contributed by atoms with E-state index in [1.54, 1.807) is 0 Å². The van der Waals surface area contributed by atoms with Crippen LogP contribution in [-0.4, -0.2) is 18.6 Å². The Labute approximate surface area is 71.5 Å². The van der Waals surface area contributed by atoms with Crippen molar-refractivity contribution in [2.24, 2.45) is 11.1 Å². The van der Waals surface area contributed by atoms with Crippen LogP contribution in [0.2, 0.25) is 0 Å². The van der Waals surface area contributed by atoms with Gasteiger partial charge >= 0.3 is 0 Å². The second kappa shape index (κ2) is 3.87. The molecule has 0 aromatic rings. The van der Waals surface area contributed by atoms with Crippen molar-refractivity contribution < 1.29 is 0 Å². The van der Waals surface area contributed by atoms with Gasteiger partial charge < -0.3 is 5.73 Å². The van der Waals surface area contributed by atoms with Gasteiger partial charge in [-0.25, -0.2) is 0 Å². The molecular formula is C9H20NP. The molecule has 0 radical (unpaired) electrons. The van der Waals surface area contributed by atoms with Gasteiger partial charge in [0.2, 0.25) is 0 Å². The van der Waals surface area contributed by atoms with E-state index in [9.17, 15) is 0 Å². The molecule has 1 aliphatic heterocycles. The molecule has 1 heterocycles. The second-order valence-corrected chi connectivity index (χ2v) is 6.47. The Morgan fingerprint density at radius 1 is 1.55 bits per heavy atom. The highest BCUT2D eigenvalue weighted by atomic mass is 31.1. The monoisotopic (exact) mass is 173 g/mol. The van der Waals surface area contributed by atoms with Crippen LogP contribution in [0.15, 0.2) is 0 Å². The summed E-state index contributed by atoms with van der Waals surface area (Å²) in [5, 5.41) is 0. The van der Waals surface area contributed by atoms with Crippen LogP contribution in [0, 0.1) is 5.41 Å². The minimum atomic E-state index is 0.215. The summed E-state index contributed by atoms with van der Waals surface area (Å²) >= 11 is 0. The molecule has 0 bridgehead atoms. The average Bonchev–Trinajstić information content (AvgIpc) is 2.05. The van der Waals surface area contributed by atoms with E-state index < -0.39 is 0 Å². The lowest BCUT2D eigenvalue weighted by Gasteiger charge is -2.37. The fourth-order valence-corrected chi connectivity index (χ4v) is 4.41. The summed E-state index contributed by atoms with van der Waals surface area (Å²) < 4.78 is 0. The van der Waals surface area contributed by atoms with E-state index in [2.05, 4.69) is 13.8 Å². The maximum Gasteiger partial charge on any atom is 0.0128 e. The largest absolute Gasteiger partial charge is 0.327 e. The molecule has 0 spiro atoms. The molecule has 0 aromatic heterocycles. The maximum absolute atomic E-state index is 5.71. The van der Waals surface area contributed by atoms with E-state index in [0.717, 1.165) is 6.29 Å². The van der Waals surface area contributed by atoms with Crippen LogP contribution < -0.4 is 5.73 Å². The summed E-state index contributed by atoms with van der Waals surface area (Å²) in [6.45, 7) is 4.74. The van der Waals surface area contributed by atoms with Crippen molar-refractivity contribution in [1.29, 1.82) is 0 Å². The predicted molar refractivity (Wildman–Crippen MR) is 53.3 cm³/mol. The van der Waals surface area contributed by atoms with Crippen molar-refractivity contribution in [3.8, 4) is 0 Å². The summed E-state index contributed by atoms with van der Waals surface area (Å²) in [6.07, 6.45) is 8.02. The summed E-state index contributed by atoms with van der Waals surface area (Å²) in [4.78, 5) is 0. The first kappa shape index (κ1) is 9.48. The highest BCUT2D eigenvalue weighted by Crippen LogP contribution is 2.49. The Balaban J connectivity index is 2.44. The fourth-order valence-electron chi connectivity index (χ4n) is 1.87. The average molecular weight is 173 g/mol. The zero-order valence-corrected chi connectivity index (χ0v) is 8.66. The lowest BCUT2D eigenvalue weighted by molar-refractivity contribution is 0.316. The van der Waals surface area contributed by atoms with Crippen LogP contribution in [0.25, 0.3) is 0 Å². The van der Waals surface area contributed by atoms with Gasteiger partial charge in [0, 0.05) is 6.29 Å². The molecule has 1 nitrogen and oxygen atoms in total. The molecule has 0 aliphatic carbocycles. The van der Waals surface area contributed by atoms with Gasteiger partial charge in [-0.15, -0.1) is 0 Å². The topological polar surface area (TPSA) is 26.0 Å². The van der Waals surface area contributed by atoms with Crippen LogP contribution in [0.3, 0.4) is 0 Å². The molecule has 0 amide bonds. The lowest BCUT2D eigenvalue weighted by Crippen LogP contribution is -2.26. The van der Waals surface area contributed by atoms with Crippen LogP contribution >= 0.6 is 7.92 Å². The minimum Gasteiger partial charge on any atom is -0.327 e. The first-order valence-corrected chi connectivity index (χ1v) is 6.52. The van der Waals surface area contributed by atoms with Crippen molar-refractivity contribution in [2.75, 3.05) is 18.6 Å². The standard InChI is InChI=1S/C9H20NP/c1-3-9(2)5-4-6-11(7-9)8-10/h3-8,10H2,1-2H3. The van der Waals surface area contributed by atoms with Crippen LogP contribution in [0.4, 0.5) is 0 Å². The third-order valence-electron chi connectivity index (χ3n) is 2.97. The van der Waals surface area contributed by atoms with Crippen LogP contribution in [0.1, 0.15) is 33.1 Å². The minimum absolute atomic E-state index is 0.215. The second-order valence-electron chi connectivity index (χ2n) is 4.00. The summed E-state index contributed by atoms with van der Waals surface area (Å²) in [7, 11) is 0.215. The van der Waals surface area contributed by atoms with E-state index in [1.807, 2.05) is 0 Å². The Kier molecular flexibility index (Phi) is 3.33. The van der Waals surface area contributed by atoms with E-state index in [0.29, 0.717) is 5.41 Å². The van der Waals surface area contributed by atoms with Crippen molar-refractivity contribution >= 4 is 7.92 Å². The molecule has 0 aromatic carbocycles. The van der Waals surface area contributed by atoms with Gasteiger partial charge in [0.1, 0.15) is 0 Å². The van der Waals surface area contributed by atoms with Gasteiger partial charge in [0.25, 0.3) is 0 Å². The number of rotatable bonds is 2. The van der Waals surface area contributed by atoms with Crippen molar-refractivity contribution in [1.82, 2.24) is 0 Å². The Hall–Kier alpha value is 0.390. The van der Waals surface area contributed by atoms with E-state index in [4.69, 9.17) is 5.73 Å². The Bertz CT molecular complexity index is 127. The first-order chi connectivity index (χ1) is 5.20. The maximum atomic E-state index is 5.71. The van der Waals surface area contributed by atoms with Crippen LogP contribution in [-0.2, 0) is 0 Å². The van der Waals surface area contributed by atoms with Gasteiger partial charge in [-0.3, -0.25) is 0 Å². The van der Waals surface area contributed by atoms with Gasteiger partial charge in [0.05, 0.1) is 0 Å². The van der Waals surface area contributed by atoms with Crippen molar-refractivity contribution in [3.05, 3.63) is 0 Å². The first-order valence-electron chi connectivity index (χ1n) is 4.62. The fraction of sp³-hybridized carbons (Fsp3) is 1.00. The third kappa shape index (κ3) is 2.42. The smallest absolute Gasteiger partial charge is 0.0128 e. The molecule has 1 aliphatic rings. The lowest BCUT2D eigenvalue weighted by atomic mass is 9.85. The molecule has 2 atom stereocenters. The zero-order chi connectivity index (χ0) is 8.32. The summed E-state index contributed by atoms with van der Waals surface area (Å²) in [5.74, 6) is 0. The third-order valence-corrected chi connectivity index (χ3v) is 5.65. The molecule has 11 heavy (non-hydrogen) atoms. The highest BCUT2D eigenvalue weighted by molar-refractivity contribution is 7.57. The van der Waals surface area contributed by atoms with Gasteiger partial charge in [0.15, 0.2) is 0 Å². The predicted octanol–water partition coefficient (Wildman–Crippen LogP) is 2.59. The zero-order valence-electron chi connectivity index (χ0n) is 7.77. The Morgan fingerprint density at radius 2 is 2.27 bits per heavy atom. The molecule has 2 unspecified atom stereocenters. The van der Waals surface area contributed by atoms with Gasteiger partial charge in [-0.1, -0.05) is 28.2 Å². The normalized spacial score (nSPS) is 39.0. The van der Waals surface area contributed by atoms with Gasteiger partial charge in [-0.2, -0.15) is 0 Å². The van der Waals surface area contributed by atoms with Gasteiger partial charge in [-0.05, 0) is 30.6 Å². The molecule has 1 saturated heterocycles. The number of hydrogen-bond donors (Lipinski definition) is 1. The molecule has 2 heteroatoms. The molecule has 1 rings (SSSR count). The molecule has 1 fully saturated rings. The molecule has 2 N–H and O–H groups in total. The van der Waals surface area contributed by atoms with Crippen LogP contribution in [0.5, 0.6) is 0 Å². The van der Waals surface area contributed by atoms with E-state index >= 15 is 0 Å². The quantitative estimate of drug-likeness (QED) is 0.638. The van der Waals surface area contributed by atoms with E-state index in [1.165, 1.54) is 31.6 Å². The Morgan fingerprint density at radius 3 is 2.82 bits per heavy atom. The number of nitrogens with two attached hydrogens (primary N) is 1. The van der Waals surface area contributed by atoms with E-state index in [-0.39, 0.29) is 7.92 Å². The van der Waals surface area contributed by atoms with Crippen molar-refractivity contribution in [2.45, 2.75) is 33.1 Å². The highest BCUT2D eigenvalue weighted by Gasteiger charge is 2.29. The molecular weight excluding hydrogens is 153 g/mol. The molecule has 66 valence electrons. The summed E-state index contributed by atoms with van der Waals surface area (Å²) in [6, 6.07) is 0.